The van der Waals surface area contributed by atoms with E-state index in [1.54, 1.807) is 6.92 Å². The molecule has 6 heteroatoms. The maximum absolute atomic E-state index is 12.7. The maximum Gasteiger partial charge on any atom is 0.312 e. The van der Waals surface area contributed by atoms with Gasteiger partial charge in [-0.15, -0.1) is 0 Å². The zero-order valence-electron chi connectivity index (χ0n) is 14.3. The number of carbonyl (C=O) groups is 2. The number of carboxylic acid groups (broad SMARTS) is 1. The van der Waals surface area contributed by atoms with Gasteiger partial charge in [0.2, 0.25) is 0 Å². The molecular weight excluding hydrogens is 324 g/mol. The summed E-state index contributed by atoms with van der Waals surface area (Å²) < 4.78 is 5.91. The van der Waals surface area contributed by atoms with Crippen molar-refractivity contribution in [1.82, 2.24) is 0 Å². The molecular formula is C19H24O6. The summed E-state index contributed by atoms with van der Waals surface area (Å²) in [6.45, 7) is 5.83. The Hall–Kier alpha value is -1.40. The van der Waals surface area contributed by atoms with Crippen LogP contribution in [-0.4, -0.2) is 44.6 Å². The molecule has 4 saturated carbocycles. The summed E-state index contributed by atoms with van der Waals surface area (Å²) in [7, 11) is 0. The molecule has 6 nitrogen and oxygen atoms in total. The quantitative estimate of drug-likeness (QED) is 0.487. The minimum Gasteiger partial charge on any atom is -0.481 e. The van der Waals surface area contributed by atoms with E-state index >= 15 is 0 Å². The predicted molar refractivity (Wildman–Crippen MR) is 85.3 cm³/mol. The molecule has 5 fully saturated rings. The molecule has 136 valence electrons. The van der Waals surface area contributed by atoms with Crippen LogP contribution >= 0.6 is 0 Å². The van der Waals surface area contributed by atoms with E-state index in [-0.39, 0.29) is 11.9 Å². The Labute approximate surface area is 145 Å². The average Bonchev–Trinajstić information content (AvgIpc) is 2.95. The van der Waals surface area contributed by atoms with Crippen molar-refractivity contribution in [3.05, 3.63) is 12.2 Å². The summed E-state index contributed by atoms with van der Waals surface area (Å²) in [6.07, 6.45) is 1.86. The van der Waals surface area contributed by atoms with E-state index < -0.39 is 45.9 Å². The van der Waals surface area contributed by atoms with Crippen LogP contribution in [0.25, 0.3) is 0 Å². The van der Waals surface area contributed by atoms with Crippen LogP contribution in [0.5, 0.6) is 0 Å². The minimum absolute atomic E-state index is 0.244. The van der Waals surface area contributed by atoms with Gasteiger partial charge in [-0.1, -0.05) is 6.58 Å². The molecule has 1 heterocycles. The number of esters is 1. The van der Waals surface area contributed by atoms with E-state index in [2.05, 4.69) is 6.58 Å². The molecule has 3 N–H and O–H groups in total. The molecule has 0 amide bonds. The van der Waals surface area contributed by atoms with Gasteiger partial charge in [0.15, 0.2) is 0 Å². The molecule has 0 aromatic heterocycles. The summed E-state index contributed by atoms with van der Waals surface area (Å²) in [5.41, 5.74) is -3.02. The first-order valence-corrected chi connectivity index (χ1v) is 9.17. The van der Waals surface area contributed by atoms with Gasteiger partial charge in [-0.3, -0.25) is 9.59 Å². The Balaban J connectivity index is 1.78. The first kappa shape index (κ1) is 15.8. The third-order valence-electron chi connectivity index (χ3n) is 8.49. The van der Waals surface area contributed by atoms with Crippen molar-refractivity contribution in [2.45, 2.75) is 62.8 Å². The molecule has 4 aliphatic carbocycles. The van der Waals surface area contributed by atoms with Crippen LogP contribution in [0, 0.1) is 28.6 Å². The van der Waals surface area contributed by atoms with Gasteiger partial charge in [0.25, 0.3) is 0 Å². The molecule has 0 unspecified atom stereocenters. The number of ether oxygens (including phenoxy) is 1. The van der Waals surface area contributed by atoms with E-state index in [1.165, 1.54) is 0 Å². The van der Waals surface area contributed by atoms with Crippen molar-refractivity contribution in [3.8, 4) is 0 Å². The highest BCUT2D eigenvalue weighted by Crippen LogP contribution is 2.78. The lowest BCUT2D eigenvalue weighted by Gasteiger charge is -2.47. The fourth-order valence-electron chi connectivity index (χ4n) is 7.62. The number of aliphatic hydroxyl groups excluding tert-OH is 1. The molecule has 1 aliphatic heterocycles. The molecule has 0 aromatic rings. The maximum atomic E-state index is 12.7. The Kier molecular flexibility index (Phi) is 2.61. The zero-order valence-corrected chi connectivity index (χ0v) is 14.3. The van der Waals surface area contributed by atoms with Gasteiger partial charge in [-0.2, -0.15) is 0 Å². The Bertz CT molecular complexity index is 731. The lowest BCUT2D eigenvalue weighted by Crippen LogP contribution is -2.56. The number of carboxylic acids is 1. The highest BCUT2D eigenvalue weighted by Gasteiger charge is 2.84. The van der Waals surface area contributed by atoms with E-state index in [4.69, 9.17) is 4.74 Å². The van der Waals surface area contributed by atoms with Crippen molar-refractivity contribution < 1.29 is 29.6 Å². The van der Waals surface area contributed by atoms with Crippen molar-refractivity contribution >= 4 is 11.9 Å². The van der Waals surface area contributed by atoms with Gasteiger partial charge in [-0.05, 0) is 56.4 Å². The summed E-state index contributed by atoms with van der Waals surface area (Å²) in [5.74, 6) is -2.92. The van der Waals surface area contributed by atoms with E-state index in [1.807, 2.05) is 0 Å². The normalized spacial score (nSPS) is 58.7. The fraction of sp³-hybridized carbons (Fsp3) is 0.789. The molecule has 0 aromatic carbocycles. The Morgan fingerprint density at radius 2 is 2.04 bits per heavy atom. The highest BCUT2D eigenvalue weighted by atomic mass is 16.6. The summed E-state index contributed by atoms with van der Waals surface area (Å²) in [5, 5.41) is 32.0. The number of aliphatic carboxylic acids is 1. The standard InChI is InChI=1S/C19H24O6/c1-9-7-17-8-18(9,24)6-3-10(17)19-11(20)4-5-16(2,15(23)25-19)13(19)12(17)14(21)22/h10-13,20,24H,1,3-8H2,2H3,(H,21,22)/t10-,11-,12-,13-,16-,17+,18-,19+/m1/s1. The number of rotatable bonds is 1. The fourth-order valence-corrected chi connectivity index (χ4v) is 7.62. The van der Waals surface area contributed by atoms with Crippen LogP contribution < -0.4 is 0 Å². The predicted octanol–water partition coefficient (Wildman–Crippen LogP) is 1.25. The van der Waals surface area contributed by atoms with Crippen LogP contribution in [0.3, 0.4) is 0 Å². The summed E-state index contributed by atoms with van der Waals surface area (Å²) in [6, 6.07) is 0. The van der Waals surface area contributed by atoms with Gasteiger partial charge < -0.3 is 20.1 Å². The summed E-state index contributed by atoms with van der Waals surface area (Å²) in [4.78, 5) is 25.1. The van der Waals surface area contributed by atoms with Gasteiger partial charge in [0.05, 0.1) is 23.0 Å². The van der Waals surface area contributed by atoms with Crippen LogP contribution in [0.2, 0.25) is 0 Å². The highest BCUT2D eigenvalue weighted by molar-refractivity contribution is 5.85. The molecule has 1 spiro atoms. The third kappa shape index (κ3) is 1.41. The smallest absolute Gasteiger partial charge is 0.312 e. The monoisotopic (exact) mass is 348 g/mol. The molecule has 25 heavy (non-hydrogen) atoms. The number of aliphatic hydroxyl groups is 2. The Morgan fingerprint density at radius 1 is 1.32 bits per heavy atom. The first-order valence-electron chi connectivity index (χ1n) is 9.17. The zero-order chi connectivity index (χ0) is 18.0. The van der Waals surface area contributed by atoms with E-state index in [0.29, 0.717) is 44.1 Å². The Morgan fingerprint density at radius 3 is 2.72 bits per heavy atom. The van der Waals surface area contributed by atoms with Crippen LogP contribution in [0.4, 0.5) is 0 Å². The topological polar surface area (TPSA) is 104 Å². The van der Waals surface area contributed by atoms with Crippen molar-refractivity contribution in [2.75, 3.05) is 0 Å². The van der Waals surface area contributed by atoms with Crippen molar-refractivity contribution in [3.63, 3.8) is 0 Å². The number of hydrogen-bond donors (Lipinski definition) is 3. The third-order valence-corrected chi connectivity index (χ3v) is 8.49. The number of fused-ring (bicyclic) bond motifs is 1. The lowest BCUT2D eigenvalue weighted by molar-refractivity contribution is -0.177. The second-order valence-corrected chi connectivity index (χ2v) is 9.32. The molecule has 5 aliphatic rings. The summed E-state index contributed by atoms with van der Waals surface area (Å²) >= 11 is 0. The second kappa shape index (κ2) is 4.12. The lowest BCUT2D eigenvalue weighted by atomic mass is 9.59. The van der Waals surface area contributed by atoms with Crippen molar-refractivity contribution in [1.29, 1.82) is 0 Å². The minimum atomic E-state index is -1.13. The van der Waals surface area contributed by atoms with Crippen LogP contribution in [0.15, 0.2) is 12.2 Å². The van der Waals surface area contributed by atoms with Crippen LogP contribution in [0.1, 0.15) is 45.4 Å². The van der Waals surface area contributed by atoms with E-state index in [0.717, 1.165) is 0 Å². The van der Waals surface area contributed by atoms with Crippen LogP contribution in [-0.2, 0) is 14.3 Å². The second-order valence-electron chi connectivity index (χ2n) is 9.32. The largest absolute Gasteiger partial charge is 0.481 e. The van der Waals surface area contributed by atoms with Crippen molar-refractivity contribution in [2.24, 2.45) is 28.6 Å². The number of carbonyl (C=O) groups excluding carboxylic acids is 1. The van der Waals surface area contributed by atoms with E-state index in [9.17, 15) is 24.9 Å². The molecule has 1 saturated heterocycles. The number of hydrogen-bond acceptors (Lipinski definition) is 5. The molecule has 5 rings (SSSR count). The van der Waals surface area contributed by atoms with Gasteiger partial charge >= 0.3 is 11.9 Å². The molecule has 0 radical (unpaired) electrons. The average molecular weight is 348 g/mol. The first-order chi connectivity index (χ1) is 11.6. The van der Waals surface area contributed by atoms with Gasteiger partial charge in [0, 0.05) is 11.8 Å². The van der Waals surface area contributed by atoms with Gasteiger partial charge in [-0.25, -0.2) is 0 Å². The SMILES string of the molecule is C=C1C[C@]23C[C@]1(O)CC[C@H]2[C@]12OC(=O)[C@](C)(CC[C@H]1O)[C@H]2[C@@H]3C(=O)O. The van der Waals surface area contributed by atoms with Gasteiger partial charge in [0.1, 0.15) is 5.60 Å². The molecule has 8 atom stereocenters. The molecule has 4 bridgehead atoms.